The zero-order valence-corrected chi connectivity index (χ0v) is 13.9. The van der Waals surface area contributed by atoms with E-state index in [4.69, 9.17) is 15.2 Å². The van der Waals surface area contributed by atoms with Crippen molar-refractivity contribution >= 4 is 17.6 Å². The van der Waals surface area contributed by atoms with Gasteiger partial charge in [0.15, 0.2) is 0 Å². The quantitative estimate of drug-likeness (QED) is 0.774. The van der Waals surface area contributed by atoms with E-state index in [1.807, 2.05) is 5.32 Å². The van der Waals surface area contributed by atoms with Gasteiger partial charge in [0.2, 0.25) is 0 Å². The molecule has 1 aliphatic heterocycles. The number of nitrogens with one attached hydrogen (secondary N) is 1. The van der Waals surface area contributed by atoms with Crippen molar-refractivity contribution in [1.29, 1.82) is 0 Å². The lowest BCUT2D eigenvalue weighted by Gasteiger charge is -2.19. The van der Waals surface area contributed by atoms with Crippen LogP contribution in [0.25, 0.3) is 5.69 Å². The lowest BCUT2D eigenvalue weighted by atomic mass is 10.1. The van der Waals surface area contributed by atoms with Crippen molar-refractivity contribution in [1.82, 2.24) is 9.88 Å². The molecule has 3 N–H and O–H groups in total. The molecule has 0 aliphatic carbocycles. The number of hydrogen-bond donors (Lipinski definition) is 2. The first-order valence-corrected chi connectivity index (χ1v) is 7.35. The van der Waals surface area contributed by atoms with E-state index in [-0.39, 0.29) is 22.6 Å². The van der Waals surface area contributed by atoms with E-state index in [9.17, 15) is 27.6 Å². The number of halogens is 3. The summed E-state index contributed by atoms with van der Waals surface area (Å²) in [5.74, 6) is -2.84. The van der Waals surface area contributed by atoms with Gasteiger partial charge in [-0.15, -0.1) is 0 Å². The molecule has 2 amide bonds. The smallest absolute Gasteiger partial charge is 0.420 e. The highest BCUT2D eigenvalue weighted by atomic mass is 19.4. The number of anilines is 1. The van der Waals surface area contributed by atoms with Crippen molar-refractivity contribution in [3.63, 3.8) is 0 Å². The molecule has 27 heavy (non-hydrogen) atoms. The molecule has 0 radical (unpaired) electrons. The SMILES string of the molecule is COc1cc(OC)c(C(F)(F)F)cc1-n1c(N)c2c(cc1=O)C(=O)NC2=O. The number of pyridine rings is 1. The first-order chi connectivity index (χ1) is 12.6. The van der Waals surface area contributed by atoms with Gasteiger partial charge in [-0.1, -0.05) is 0 Å². The Morgan fingerprint density at radius 3 is 2.19 bits per heavy atom. The van der Waals surface area contributed by atoms with Crippen molar-refractivity contribution in [2.75, 3.05) is 20.0 Å². The number of carbonyl (C=O) groups excluding carboxylic acids is 2. The van der Waals surface area contributed by atoms with Crippen LogP contribution in [0.2, 0.25) is 0 Å². The molecule has 0 spiro atoms. The van der Waals surface area contributed by atoms with Crippen LogP contribution in [0.1, 0.15) is 26.3 Å². The molecule has 1 aliphatic rings. The standard InChI is InChI=1S/C16H12F3N3O5/c1-26-9-5-10(27-2)8(4-7(9)16(17,18)19)22-11(23)3-6-12(13(22)20)15(25)21-14(6)24/h3-5H,20H2,1-2H3,(H,21,24,25). The van der Waals surface area contributed by atoms with Crippen LogP contribution in [0.15, 0.2) is 23.0 Å². The van der Waals surface area contributed by atoms with E-state index in [0.717, 1.165) is 19.2 Å². The summed E-state index contributed by atoms with van der Waals surface area (Å²) < 4.78 is 50.5. The maximum atomic E-state index is 13.4. The fourth-order valence-corrected chi connectivity index (χ4v) is 2.81. The van der Waals surface area contributed by atoms with Crippen LogP contribution in [0.5, 0.6) is 11.5 Å². The predicted octanol–water partition coefficient (Wildman–Crippen LogP) is 1.34. The van der Waals surface area contributed by atoms with E-state index in [1.54, 1.807) is 0 Å². The van der Waals surface area contributed by atoms with Gasteiger partial charge in [-0.25, -0.2) is 0 Å². The fraction of sp³-hybridized carbons (Fsp3) is 0.188. The molecule has 0 bridgehead atoms. The molecule has 1 aromatic carbocycles. The minimum absolute atomic E-state index is 0.154. The highest BCUT2D eigenvalue weighted by molar-refractivity contribution is 6.23. The van der Waals surface area contributed by atoms with Gasteiger partial charge in [-0.2, -0.15) is 13.2 Å². The maximum absolute atomic E-state index is 13.4. The Bertz CT molecular complexity index is 1040. The molecule has 11 heteroatoms. The average Bonchev–Trinajstić information content (AvgIpc) is 2.87. The molecule has 1 aromatic heterocycles. The minimum Gasteiger partial charge on any atom is -0.496 e. The summed E-state index contributed by atoms with van der Waals surface area (Å²) in [5.41, 5.74) is 2.87. The molecular weight excluding hydrogens is 371 g/mol. The monoisotopic (exact) mass is 383 g/mol. The third kappa shape index (κ3) is 2.76. The van der Waals surface area contributed by atoms with Crippen LogP contribution in [0, 0.1) is 0 Å². The number of methoxy groups -OCH3 is 2. The van der Waals surface area contributed by atoms with Crippen LogP contribution < -0.4 is 26.1 Å². The number of aromatic nitrogens is 1. The number of nitrogens with two attached hydrogens (primary N) is 1. The fourth-order valence-electron chi connectivity index (χ4n) is 2.81. The highest BCUT2D eigenvalue weighted by Gasteiger charge is 2.37. The van der Waals surface area contributed by atoms with E-state index in [1.165, 1.54) is 7.11 Å². The molecule has 0 atom stereocenters. The molecule has 2 aromatic rings. The number of carbonyl (C=O) groups is 2. The number of fused-ring (bicyclic) bond motifs is 1. The first kappa shape index (κ1) is 18.3. The number of nitrogen functional groups attached to an aromatic ring is 1. The molecular formula is C16H12F3N3O5. The summed E-state index contributed by atoms with van der Waals surface area (Å²) in [6.45, 7) is 0. The average molecular weight is 383 g/mol. The van der Waals surface area contributed by atoms with Gasteiger partial charge in [0, 0.05) is 12.1 Å². The summed E-state index contributed by atoms with van der Waals surface area (Å²) in [6.07, 6.45) is -4.80. The zero-order valence-electron chi connectivity index (χ0n) is 13.9. The van der Waals surface area contributed by atoms with Crippen LogP contribution in [-0.4, -0.2) is 30.6 Å². The molecule has 0 saturated carbocycles. The topological polar surface area (TPSA) is 113 Å². The number of nitrogens with zero attached hydrogens (tertiary/aromatic N) is 1. The van der Waals surface area contributed by atoms with E-state index in [0.29, 0.717) is 10.6 Å². The number of alkyl halides is 3. The van der Waals surface area contributed by atoms with Crippen molar-refractivity contribution in [2.24, 2.45) is 0 Å². The number of rotatable bonds is 3. The van der Waals surface area contributed by atoms with E-state index in [2.05, 4.69) is 0 Å². The Kier molecular flexibility index (Phi) is 4.09. The van der Waals surface area contributed by atoms with Gasteiger partial charge < -0.3 is 15.2 Å². The third-order valence-electron chi connectivity index (χ3n) is 4.00. The maximum Gasteiger partial charge on any atom is 0.420 e. The second-order valence-electron chi connectivity index (χ2n) is 5.50. The van der Waals surface area contributed by atoms with Crippen LogP contribution in [0.3, 0.4) is 0 Å². The lowest BCUT2D eigenvalue weighted by Crippen LogP contribution is -2.25. The summed E-state index contributed by atoms with van der Waals surface area (Å²) in [6, 6.07) is 2.39. The highest BCUT2D eigenvalue weighted by Crippen LogP contribution is 2.41. The lowest BCUT2D eigenvalue weighted by molar-refractivity contribution is -0.138. The van der Waals surface area contributed by atoms with Gasteiger partial charge in [-0.05, 0) is 6.07 Å². The van der Waals surface area contributed by atoms with Gasteiger partial charge in [0.25, 0.3) is 17.4 Å². The molecule has 0 saturated heterocycles. The minimum atomic E-state index is -4.80. The Morgan fingerprint density at radius 2 is 1.63 bits per heavy atom. The molecule has 0 unspecified atom stereocenters. The second kappa shape index (κ2) is 6.04. The Balaban J connectivity index is 2.39. The Hall–Kier alpha value is -3.50. The summed E-state index contributed by atoms with van der Waals surface area (Å²) in [5, 5.41) is 1.97. The second-order valence-corrected chi connectivity index (χ2v) is 5.50. The molecule has 142 valence electrons. The van der Waals surface area contributed by atoms with Crippen LogP contribution in [0.4, 0.5) is 19.0 Å². The van der Waals surface area contributed by atoms with Crippen LogP contribution in [-0.2, 0) is 6.18 Å². The Morgan fingerprint density at radius 1 is 1.00 bits per heavy atom. The first-order valence-electron chi connectivity index (χ1n) is 7.35. The van der Waals surface area contributed by atoms with Crippen LogP contribution >= 0.6 is 0 Å². The third-order valence-corrected chi connectivity index (χ3v) is 4.00. The molecule has 2 heterocycles. The van der Waals surface area contributed by atoms with Gasteiger partial charge in [0.05, 0.1) is 36.6 Å². The molecule has 3 rings (SSSR count). The number of ether oxygens (including phenoxy) is 2. The van der Waals surface area contributed by atoms with Crippen molar-refractivity contribution in [3.05, 3.63) is 45.2 Å². The van der Waals surface area contributed by atoms with Gasteiger partial charge >= 0.3 is 6.18 Å². The number of hydrogen-bond acceptors (Lipinski definition) is 6. The number of imide groups is 1. The predicted molar refractivity (Wildman–Crippen MR) is 86.4 cm³/mol. The van der Waals surface area contributed by atoms with Crippen molar-refractivity contribution in [2.45, 2.75) is 6.18 Å². The summed E-state index contributed by atoms with van der Waals surface area (Å²) in [7, 11) is 2.23. The van der Waals surface area contributed by atoms with Crippen molar-refractivity contribution < 1.29 is 32.2 Å². The van der Waals surface area contributed by atoms with Crippen molar-refractivity contribution in [3.8, 4) is 17.2 Å². The largest absolute Gasteiger partial charge is 0.496 e. The van der Waals surface area contributed by atoms with E-state index >= 15 is 0 Å². The number of amides is 2. The van der Waals surface area contributed by atoms with E-state index < -0.39 is 40.7 Å². The summed E-state index contributed by atoms with van der Waals surface area (Å²) >= 11 is 0. The zero-order chi connectivity index (χ0) is 20.1. The molecule has 8 nitrogen and oxygen atoms in total. The van der Waals surface area contributed by atoms with Gasteiger partial charge in [-0.3, -0.25) is 24.3 Å². The van der Waals surface area contributed by atoms with Gasteiger partial charge in [0.1, 0.15) is 17.3 Å². The molecule has 0 fully saturated rings. The Labute approximate surface area is 149 Å². The normalized spacial score (nSPS) is 13.4. The summed E-state index contributed by atoms with van der Waals surface area (Å²) in [4.78, 5) is 36.1. The number of benzene rings is 1.